The second-order valence-corrected chi connectivity index (χ2v) is 14.1. The van der Waals surface area contributed by atoms with Gasteiger partial charge in [-0.25, -0.2) is 0 Å². The molecule has 180 valence electrons. The summed E-state index contributed by atoms with van der Waals surface area (Å²) in [6, 6.07) is 30.3. The smallest absolute Gasteiger partial charge is 0.261 e. The lowest BCUT2D eigenvalue weighted by Crippen LogP contribution is -2.67. The van der Waals surface area contributed by atoms with Crippen LogP contribution in [-0.2, 0) is 20.5 Å². The van der Waals surface area contributed by atoms with Gasteiger partial charge < -0.3 is 24.1 Å². The van der Waals surface area contributed by atoms with Crippen LogP contribution >= 0.6 is 0 Å². The predicted molar refractivity (Wildman–Crippen MR) is 135 cm³/mol. The largest absolute Gasteiger partial charge is 0.405 e. The van der Waals surface area contributed by atoms with Gasteiger partial charge in [0.25, 0.3) is 8.32 Å². The normalized spacial score (nSPS) is 23.2. The summed E-state index contributed by atoms with van der Waals surface area (Å²) in [5.41, 5.74) is 0.967. The van der Waals surface area contributed by atoms with E-state index >= 15 is 0 Å². The maximum atomic E-state index is 11.0. The molecule has 0 amide bonds. The Morgan fingerprint density at radius 1 is 0.794 bits per heavy atom. The van der Waals surface area contributed by atoms with Crippen molar-refractivity contribution in [3.8, 4) is 0 Å². The topological polar surface area (TPSA) is 68.2 Å². The standard InChI is InChI=1S/C28H34O5Si/c1-28(2,3)34(22-15-9-5-10-16-22,23-17-11-6-12-18-23)32-20-24-25(29)26(27(30)33-24)31-19-21-13-7-4-8-14-21/h4-18,24-27,29-30H,19-20H2,1-3H3/t24-,25-,26+,27+/m1/s1. The summed E-state index contributed by atoms with van der Waals surface area (Å²) in [4.78, 5) is 0. The van der Waals surface area contributed by atoms with Crippen molar-refractivity contribution >= 4 is 18.7 Å². The van der Waals surface area contributed by atoms with E-state index in [1.165, 1.54) is 0 Å². The molecule has 1 aliphatic heterocycles. The summed E-state index contributed by atoms with van der Waals surface area (Å²) in [6.45, 7) is 7.03. The van der Waals surface area contributed by atoms with Crippen LogP contribution < -0.4 is 10.4 Å². The van der Waals surface area contributed by atoms with Crippen molar-refractivity contribution in [2.24, 2.45) is 0 Å². The zero-order chi connectivity index (χ0) is 24.2. The molecule has 0 aromatic heterocycles. The first-order chi connectivity index (χ1) is 16.3. The third-order valence-electron chi connectivity index (χ3n) is 6.48. The van der Waals surface area contributed by atoms with Crippen molar-refractivity contribution in [3.63, 3.8) is 0 Å². The van der Waals surface area contributed by atoms with Gasteiger partial charge in [0.15, 0.2) is 6.29 Å². The fraction of sp³-hybridized carbons (Fsp3) is 0.357. The van der Waals surface area contributed by atoms with Gasteiger partial charge in [0.2, 0.25) is 0 Å². The Bertz CT molecular complexity index is 983. The molecule has 6 heteroatoms. The number of hydrogen-bond acceptors (Lipinski definition) is 5. The van der Waals surface area contributed by atoms with E-state index in [0.29, 0.717) is 0 Å². The number of rotatable bonds is 8. The fourth-order valence-electron chi connectivity index (χ4n) is 4.77. The van der Waals surface area contributed by atoms with Gasteiger partial charge in [-0.15, -0.1) is 0 Å². The van der Waals surface area contributed by atoms with Gasteiger partial charge in [0.05, 0.1) is 13.2 Å². The first-order valence-electron chi connectivity index (χ1n) is 11.7. The zero-order valence-corrected chi connectivity index (χ0v) is 21.0. The van der Waals surface area contributed by atoms with Gasteiger partial charge in [-0.1, -0.05) is 112 Å². The third kappa shape index (κ3) is 5.03. The maximum absolute atomic E-state index is 11.0. The van der Waals surface area contributed by atoms with Gasteiger partial charge in [0.1, 0.15) is 18.3 Å². The molecule has 1 saturated heterocycles. The molecule has 1 aliphatic rings. The Morgan fingerprint density at radius 2 is 1.29 bits per heavy atom. The molecule has 0 aliphatic carbocycles. The quantitative estimate of drug-likeness (QED) is 0.487. The lowest BCUT2D eigenvalue weighted by Gasteiger charge is -2.43. The van der Waals surface area contributed by atoms with E-state index in [9.17, 15) is 10.2 Å². The highest BCUT2D eigenvalue weighted by atomic mass is 28.4. The van der Waals surface area contributed by atoms with E-state index in [-0.39, 0.29) is 18.3 Å². The van der Waals surface area contributed by atoms with E-state index in [0.717, 1.165) is 15.9 Å². The van der Waals surface area contributed by atoms with Crippen LogP contribution in [0.15, 0.2) is 91.0 Å². The first kappa shape index (κ1) is 24.8. The van der Waals surface area contributed by atoms with Crippen LogP contribution in [0, 0.1) is 0 Å². The van der Waals surface area contributed by atoms with Crippen molar-refractivity contribution in [2.75, 3.05) is 6.61 Å². The molecule has 3 aromatic carbocycles. The molecule has 0 bridgehead atoms. The molecule has 0 unspecified atom stereocenters. The average Bonchev–Trinajstić information content (AvgIpc) is 3.11. The second kappa shape index (κ2) is 10.5. The van der Waals surface area contributed by atoms with Crippen LogP contribution in [0.25, 0.3) is 0 Å². The Morgan fingerprint density at radius 3 is 1.79 bits per heavy atom. The minimum Gasteiger partial charge on any atom is -0.405 e. The van der Waals surface area contributed by atoms with Crippen molar-refractivity contribution in [1.29, 1.82) is 0 Å². The first-order valence-corrected chi connectivity index (χ1v) is 13.7. The highest BCUT2D eigenvalue weighted by molar-refractivity contribution is 6.99. The Hall–Kier alpha value is -2.32. The number of benzene rings is 3. The molecule has 0 saturated carbocycles. The SMILES string of the molecule is CC(C)(C)[Si](OC[C@H]1O[C@H](O)[C@@H](OCc2ccccc2)[C@@H]1O)(c1ccccc1)c1ccccc1. The van der Waals surface area contributed by atoms with Crippen LogP contribution in [0.1, 0.15) is 26.3 Å². The van der Waals surface area contributed by atoms with Crippen LogP contribution in [0.4, 0.5) is 0 Å². The van der Waals surface area contributed by atoms with E-state index in [4.69, 9.17) is 13.9 Å². The molecular weight excluding hydrogens is 444 g/mol. The molecule has 4 rings (SSSR count). The van der Waals surface area contributed by atoms with E-state index in [1.54, 1.807) is 0 Å². The van der Waals surface area contributed by atoms with Crippen molar-refractivity contribution in [3.05, 3.63) is 96.6 Å². The zero-order valence-electron chi connectivity index (χ0n) is 20.0. The minimum absolute atomic E-state index is 0.150. The van der Waals surface area contributed by atoms with E-state index in [1.807, 2.05) is 66.7 Å². The summed E-state index contributed by atoms with van der Waals surface area (Å²) in [6.07, 6.45) is -3.76. The molecule has 3 aromatic rings. The summed E-state index contributed by atoms with van der Waals surface area (Å²) in [7, 11) is -2.78. The molecule has 5 nitrogen and oxygen atoms in total. The lowest BCUT2D eigenvalue weighted by atomic mass is 10.1. The molecule has 0 spiro atoms. The van der Waals surface area contributed by atoms with Crippen molar-refractivity contribution in [2.45, 2.75) is 57.0 Å². The number of hydrogen-bond donors (Lipinski definition) is 2. The molecular formula is C28H34O5Si. The third-order valence-corrected chi connectivity index (χ3v) is 11.5. The van der Waals surface area contributed by atoms with Gasteiger partial charge in [0, 0.05) is 0 Å². The number of aliphatic hydroxyl groups excluding tert-OH is 2. The van der Waals surface area contributed by atoms with Crippen molar-refractivity contribution < 1.29 is 24.1 Å². The highest BCUT2D eigenvalue weighted by Crippen LogP contribution is 2.37. The predicted octanol–water partition coefficient (Wildman–Crippen LogP) is 3.23. The van der Waals surface area contributed by atoms with Crippen LogP contribution in [0.3, 0.4) is 0 Å². The summed E-state index contributed by atoms with van der Waals surface area (Å²) in [5, 5.41) is 23.6. The van der Waals surface area contributed by atoms with Gasteiger partial charge in [-0.05, 0) is 21.0 Å². The summed E-state index contributed by atoms with van der Waals surface area (Å²) >= 11 is 0. The Labute approximate surface area is 203 Å². The van der Waals surface area contributed by atoms with E-state index < -0.39 is 32.9 Å². The fourth-order valence-corrected chi connectivity index (χ4v) is 9.34. The maximum Gasteiger partial charge on any atom is 0.261 e. The van der Waals surface area contributed by atoms with E-state index in [2.05, 4.69) is 45.0 Å². The van der Waals surface area contributed by atoms with Crippen molar-refractivity contribution in [1.82, 2.24) is 0 Å². The monoisotopic (exact) mass is 478 g/mol. The summed E-state index contributed by atoms with van der Waals surface area (Å²) < 4.78 is 18.4. The molecule has 34 heavy (non-hydrogen) atoms. The average molecular weight is 479 g/mol. The van der Waals surface area contributed by atoms with Crippen LogP contribution in [0.2, 0.25) is 5.04 Å². The Balaban J connectivity index is 1.56. The number of ether oxygens (including phenoxy) is 2. The molecule has 1 fully saturated rings. The molecule has 1 heterocycles. The van der Waals surface area contributed by atoms with Gasteiger partial charge in [-0.3, -0.25) is 0 Å². The van der Waals surface area contributed by atoms with Gasteiger partial charge >= 0.3 is 0 Å². The minimum atomic E-state index is -2.78. The van der Waals surface area contributed by atoms with Gasteiger partial charge in [-0.2, -0.15) is 0 Å². The Kier molecular flexibility index (Phi) is 7.67. The number of aliphatic hydroxyl groups is 2. The highest BCUT2D eigenvalue weighted by Gasteiger charge is 2.52. The lowest BCUT2D eigenvalue weighted by molar-refractivity contribution is -0.149. The molecule has 4 atom stereocenters. The van der Waals surface area contributed by atoms with Crippen LogP contribution in [-0.4, -0.2) is 49.7 Å². The van der Waals surface area contributed by atoms with Crippen LogP contribution in [0.5, 0.6) is 0 Å². The molecule has 0 radical (unpaired) electrons. The second-order valence-electron chi connectivity index (χ2n) is 9.79. The summed E-state index contributed by atoms with van der Waals surface area (Å²) in [5.74, 6) is 0. The molecule has 2 N–H and O–H groups in total.